The molecule has 2 aromatic rings. The number of nitrogens with zero attached hydrogens (tertiary/aromatic N) is 1. The number of benzene rings is 1. The lowest BCUT2D eigenvalue weighted by Crippen LogP contribution is -2.17. The van der Waals surface area contributed by atoms with Crippen molar-refractivity contribution in [3.63, 3.8) is 0 Å². The zero-order chi connectivity index (χ0) is 12.4. The Balaban J connectivity index is 2.13. The van der Waals surface area contributed by atoms with Crippen LogP contribution >= 0.6 is 27.5 Å². The van der Waals surface area contributed by atoms with Crippen LogP contribution in [0.15, 0.2) is 34.8 Å². The molecule has 0 saturated carbocycles. The first-order chi connectivity index (χ1) is 8.08. The maximum Gasteiger partial charge on any atom is 0.0579 e. The molecule has 0 atom stereocenters. The molecule has 0 aliphatic rings. The number of hydrogen-bond donors (Lipinski definition) is 1. The van der Waals surface area contributed by atoms with Gasteiger partial charge in [0.2, 0.25) is 0 Å². The molecule has 1 aromatic carbocycles. The summed E-state index contributed by atoms with van der Waals surface area (Å²) in [6, 6.07) is 10.1. The van der Waals surface area contributed by atoms with Gasteiger partial charge in [0.05, 0.1) is 6.54 Å². The zero-order valence-corrected chi connectivity index (χ0v) is 12.1. The van der Waals surface area contributed by atoms with E-state index in [1.165, 1.54) is 11.4 Å². The fourth-order valence-corrected chi connectivity index (χ4v) is 2.49. The predicted octanol–water partition coefficient (Wildman–Crippen LogP) is 4.26. The molecule has 2 nitrogen and oxygen atoms in total. The molecule has 0 amide bonds. The van der Waals surface area contributed by atoms with E-state index in [2.05, 4.69) is 52.0 Å². The lowest BCUT2D eigenvalue weighted by molar-refractivity contribution is 0.792. The molecule has 1 N–H and O–H groups in total. The SMILES string of the molecule is Cc1ccc(C)n1NCc1ccc(Br)cc1Cl. The van der Waals surface area contributed by atoms with Gasteiger partial charge in [0.15, 0.2) is 0 Å². The molecule has 0 saturated heterocycles. The lowest BCUT2D eigenvalue weighted by Gasteiger charge is -2.13. The Morgan fingerprint density at radius 3 is 2.41 bits per heavy atom. The van der Waals surface area contributed by atoms with Crippen molar-refractivity contribution in [1.82, 2.24) is 4.68 Å². The van der Waals surface area contributed by atoms with Crippen molar-refractivity contribution < 1.29 is 0 Å². The van der Waals surface area contributed by atoms with Crippen LogP contribution in [0.4, 0.5) is 0 Å². The second-order valence-corrected chi connectivity index (χ2v) is 5.35. The summed E-state index contributed by atoms with van der Waals surface area (Å²) in [6.07, 6.45) is 0. The molecule has 90 valence electrons. The van der Waals surface area contributed by atoms with Gasteiger partial charge in [0, 0.05) is 20.9 Å². The van der Waals surface area contributed by atoms with Crippen LogP contribution < -0.4 is 5.43 Å². The van der Waals surface area contributed by atoms with Crippen LogP contribution in [0.5, 0.6) is 0 Å². The van der Waals surface area contributed by atoms with Crippen LogP contribution in [0.1, 0.15) is 17.0 Å². The van der Waals surface area contributed by atoms with E-state index in [0.717, 1.165) is 15.1 Å². The summed E-state index contributed by atoms with van der Waals surface area (Å²) in [5, 5.41) is 0.773. The van der Waals surface area contributed by atoms with Gasteiger partial charge in [0.1, 0.15) is 0 Å². The van der Waals surface area contributed by atoms with Crippen LogP contribution in [0.25, 0.3) is 0 Å². The van der Waals surface area contributed by atoms with Crippen LogP contribution in [0.2, 0.25) is 5.02 Å². The molecule has 0 bridgehead atoms. The minimum absolute atomic E-state index is 0.711. The van der Waals surface area contributed by atoms with Crippen LogP contribution in [-0.4, -0.2) is 4.68 Å². The van der Waals surface area contributed by atoms with Gasteiger partial charge in [-0.15, -0.1) is 0 Å². The molecule has 1 heterocycles. The predicted molar refractivity (Wildman–Crippen MR) is 76.1 cm³/mol. The van der Waals surface area contributed by atoms with Gasteiger partial charge in [-0.05, 0) is 43.7 Å². The number of rotatable bonds is 3. The largest absolute Gasteiger partial charge is 0.321 e. The summed E-state index contributed by atoms with van der Waals surface area (Å²) in [6.45, 7) is 4.86. The number of halogens is 2. The Kier molecular flexibility index (Phi) is 3.79. The Hall–Kier alpha value is -0.930. The number of nitrogens with one attached hydrogen (secondary N) is 1. The van der Waals surface area contributed by atoms with Crippen molar-refractivity contribution in [1.29, 1.82) is 0 Å². The van der Waals surface area contributed by atoms with Gasteiger partial charge in [-0.3, -0.25) is 4.68 Å². The van der Waals surface area contributed by atoms with E-state index in [4.69, 9.17) is 11.6 Å². The van der Waals surface area contributed by atoms with E-state index in [9.17, 15) is 0 Å². The average molecular weight is 314 g/mol. The summed E-state index contributed by atoms with van der Waals surface area (Å²) in [5.74, 6) is 0. The van der Waals surface area contributed by atoms with Crippen LogP contribution in [0, 0.1) is 13.8 Å². The van der Waals surface area contributed by atoms with Crippen molar-refractivity contribution in [3.05, 3.63) is 56.8 Å². The standard InChI is InChI=1S/C13H14BrClN2/c1-9-3-4-10(2)17(9)16-8-11-5-6-12(14)7-13(11)15/h3-7,16H,8H2,1-2H3. The zero-order valence-electron chi connectivity index (χ0n) is 9.80. The summed E-state index contributed by atoms with van der Waals surface area (Å²) in [5.41, 5.74) is 6.82. The fraction of sp³-hybridized carbons (Fsp3) is 0.231. The summed E-state index contributed by atoms with van der Waals surface area (Å²) < 4.78 is 3.07. The van der Waals surface area contributed by atoms with E-state index in [1.807, 2.05) is 18.2 Å². The van der Waals surface area contributed by atoms with Crippen LogP contribution in [0.3, 0.4) is 0 Å². The van der Waals surface area contributed by atoms with E-state index in [1.54, 1.807) is 0 Å². The first-order valence-electron chi connectivity index (χ1n) is 5.40. The molecule has 1 aromatic heterocycles. The number of aromatic nitrogens is 1. The summed E-state index contributed by atoms with van der Waals surface area (Å²) in [7, 11) is 0. The number of hydrogen-bond acceptors (Lipinski definition) is 1. The Bertz CT molecular complexity index is 515. The molecule has 4 heteroatoms. The van der Waals surface area contributed by atoms with Crippen molar-refractivity contribution in [2.24, 2.45) is 0 Å². The molecule has 2 rings (SSSR count). The average Bonchev–Trinajstić information content (AvgIpc) is 2.58. The molecule has 0 radical (unpaired) electrons. The molecular weight excluding hydrogens is 300 g/mol. The Morgan fingerprint density at radius 2 is 1.82 bits per heavy atom. The van der Waals surface area contributed by atoms with E-state index < -0.39 is 0 Å². The highest BCUT2D eigenvalue weighted by molar-refractivity contribution is 9.10. The first-order valence-corrected chi connectivity index (χ1v) is 6.58. The maximum atomic E-state index is 6.17. The van der Waals surface area contributed by atoms with Gasteiger partial charge in [0.25, 0.3) is 0 Å². The van der Waals surface area contributed by atoms with Crippen molar-refractivity contribution in [2.75, 3.05) is 5.43 Å². The van der Waals surface area contributed by atoms with E-state index in [-0.39, 0.29) is 0 Å². The maximum absolute atomic E-state index is 6.17. The second-order valence-electron chi connectivity index (χ2n) is 4.02. The normalized spacial score (nSPS) is 10.6. The van der Waals surface area contributed by atoms with E-state index in [0.29, 0.717) is 6.54 Å². The van der Waals surface area contributed by atoms with E-state index >= 15 is 0 Å². The number of aryl methyl sites for hydroxylation is 2. The highest BCUT2D eigenvalue weighted by Gasteiger charge is 2.03. The molecular formula is C13H14BrClN2. The molecule has 0 spiro atoms. The lowest BCUT2D eigenvalue weighted by atomic mass is 10.2. The molecule has 17 heavy (non-hydrogen) atoms. The fourth-order valence-electron chi connectivity index (χ4n) is 1.75. The van der Waals surface area contributed by atoms with Crippen molar-refractivity contribution in [2.45, 2.75) is 20.4 Å². The third-order valence-electron chi connectivity index (χ3n) is 2.71. The van der Waals surface area contributed by atoms with Gasteiger partial charge in [-0.2, -0.15) is 0 Å². The highest BCUT2D eigenvalue weighted by atomic mass is 79.9. The van der Waals surface area contributed by atoms with Gasteiger partial charge >= 0.3 is 0 Å². The molecule has 0 unspecified atom stereocenters. The molecule has 0 aliphatic heterocycles. The third kappa shape index (κ3) is 2.85. The van der Waals surface area contributed by atoms with Gasteiger partial charge < -0.3 is 5.43 Å². The van der Waals surface area contributed by atoms with Crippen LogP contribution in [-0.2, 0) is 6.54 Å². The molecule has 0 aliphatic carbocycles. The van der Waals surface area contributed by atoms with Crippen molar-refractivity contribution in [3.8, 4) is 0 Å². The van der Waals surface area contributed by atoms with Gasteiger partial charge in [-0.25, -0.2) is 0 Å². The van der Waals surface area contributed by atoms with Gasteiger partial charge in [-0.1, -0.05) is 33.6 Å². The quantitative estimate of drug-likeness (QED) is 0.895. The topological polar surface area (TPSA) is 17.0 Å². The Morgan fingerprint density at radius 1 is 1.18 bits per heavy atom. The summed E-state index contributed by atoms with van der Waals surface area (Å²) in [4.78, 5) is 0. The first kappa shape index (κ1) is 12.5. The third-order valence-corrected chi connectivity index (χ3v) is 3.56. The highest BCUT2D eigenvalue weighted by Crippen LogP contribution is 2.21. The molecule has 0 fully saturated rings. The second kappa shape index (κ2) is 5.15. The smallest absolute Gasteiger partial charge is 0.0579 e. The monoisotopic (exact) mass is 312 g/mol. The van der Waals surface area contributed by atoms with Crippen molar-refractivity contribution >= 4 is 27.5 Å². The summed E-state index contributed by atoms with van der Waals surface area (Å²) >= 11 is 9.57. The Labute approximate surface area is 115 Å². The minimum atomic E-state index is 0.711. The minimum Gasteiger partial charge on any atom is -0.321 e.